The summed E-state index contributed by atoms with van der Waals surface area (Å²) in [7, 11) is 0. The van der Waals surface area contributed by atoms with E-state index in [1.54, 1.807) is 6.20 Å². The highest BCUT2D eigenvalue weighted by molar-refractivity contribution is 6.29. The maximum Gasteiger partial charge on any atom is 0.127 e. The summed E-state index contributed by atoms with van der Waals surface area (Å²) in [5.74, 6) is 0.845. The predicted molar refractivity (Wildman–Crippen MR) is 40.0 cm³/mol. The molecule has 0 N–H and O–H groups in total. The SMILES string of the molecule is Clc1ccnn1CC1CC1. The summed E-state index contributed by atoms with van der Waals surface area (Å²) in [6.45, 7) is 1.01. The molecule has 54 valence electrons. The van der Waals surface area contributed by atoms with Crippen LogP contribution in [-0.2, 0) is 6.54 Å². The minimum absolute atomic E-state index is 0.756. The van der Waals surface area contributed by atoms with Crippen molar-refractivity contribution in [2.75, 3.05) is 0 Å². The van der Waals surface area contributed by atoms with Gasteiger partial charge in [0, 0.05) is 6.54 Å². The summed E-state index contributed by atoms with van der Waals surface area (Å²) < 4.78 is 1.86. The van der Waals surface area contributed by atoms with E-state index in [2.05, 4.69) is 5.10 Å². The molecule has 1 aromatic heterocycles. The fourth-order valence-corrected chi connectivity index (χ4v) is 1.16. The molecule has 0 aliphatic heterocycles. The lowest BCUT2D eigenvalue weighted by Gasteiger charge is -1.98. The first-order valence-electron chi connectivity index (χ1n) is 3.53. The van der Waals surface area contributed by atoms with Crippen LogP contribution in [0.25, 0.3) is 0 Å². The van der Waals surface area contributed by atoms with Crippen LogP contribution in [0.5, 0.6) is 0 Å². The first-order valence-corrected chi connectivity index (χ1v) is 3.91. The number of hydrogen-bond acceptors (Lipinski definition) is 1. The summed E-state index contributed by atoms with van der Waals surface area (Å²) in [5.41, 5.74) is 0. The first kappa shape index (κ1) is 6.23. The van der Waals surface area contributed by atoms with Crippen LogP contribution in [0.3, 0.4) is 0 Å². The molecule has 0 aromatic carbocycles. The van der Waals surface area contributed by atoms with Crippen LogP contribution < -0.4 is 0 Å². The van der Waals surface area contributed by atoms with E-state index in [1.165, 1.54) is 12.8 Å². The second-order valence-electron chi connectivity index (χ2n) is 2.78. The minimum Gasteiger partial charge on any atom is -0.254 e. The lowest BCUT2D eigenvalue weighted by molar-refractivity contribution is 0.564. The molecule has 1 aliphatic rings. The molecule has 2 rings (SSSR count). The van der Waals surface area contributed by atoms with Crippen LogP contribution in [-0.4, -0.2) is 9.78 Å². The lowest BCUT2D eigenvalue weighted by Crippen LogP contribution is -2.00. The highest BCUT2D eigenvalue weighted by atomic mass is 35.5. The Labute approximate surface area is 64.8 Å². The van der Waals surface area contributed by atoms with Crippen LogP contribution in [0.15, 0.2) is 12.3 Å². The van der Waals surface area contributed by atoms with Crippen molar-refractivity contribution >= 4 is 11.6 Å². The molecule has 1 fully saturated rings. The molecule has 2 nitrogen and oxygen atoms in total. The summed E-state index contributed by atoms with van der Waals surface area (Å²) in [4.78, 5) is 0. The molecule has 0 atom stereocenters. The van der Waals surface area contributed by atoms with Gasteiger partial charge in [0.1, 0.15) is 5.15 Å². The molecule has 0 saturated heterocycles. The summed E-state index contributed by atoms with van der Waals surface area (Å²) in [5, 5.41) is 4.84. The Hall–Kier alpha value is -0.500. The van der Waals surface area contributed by atoms with Gasteiger partial charge in [-0.25, -0.2) is 0 Å². The summed E-state index contributed by atoms with van der Waals surface area (Å²) in [6, 6.07) is 1.82. The van der Waals surface area contributed by atoms with Gasteiger partial charge in [-0.2, -0.15) is 5.10 Å². The normalized spacial score (nSPS) is 17.7. The fourth-order valence-electron chi connectivity index (χ4n) is 0.996. The van der Waals surface area contributed by atoms with Gasteiger partial charge in [0.2, 0.25) is 0 Å². The van der Waals surface area contributed by atoms with Crippen molar-refractivity contribution in [1.29, 1.82) is 0 Å². The van der Waals surface area contributed by atoms with Crippen LogP contribution in [0.2, 0.25) is 5.15 Å². The molecule has 0 spiro atoms. The van der Waals surface area contributed by atoms with Gasteiger partial charge in [0.25, 0.3) is 0 Å². The Morgan fingerprint density at radius 3 is 3.00 bits per heavy atom. The second-order valence-corrected chi connectivity index (χ2v) is 3.17. The van der Waals surface area contributed by atoms with E-state index >= 15 is 0 Å². The molecular weight excluding hydrogens is 148 g/mol. The van der Waals surface area contributed by atoms with Crippen molar-refractivity contribution in [3.8, 4) is 0 Å². The zero-order chi connectivity index (χ0) is 6.97. The van der Waals surface area contributed by atoms with E-state index in [0.717, 1.165) is 17.6 Å². The Bertz CT molecular complexity index is 227. The van der Waals surface area contributed by atoms with E-state index in [9.17, 15) is 0 Å². The third kappa shape index (κ3) is 1.16. The van der Waals surface area contributed by atoms with Gasteiger partial charge in [0.15, 0.2) is 0 Å². The monoisotopic (exact) mass is 156 g/mol. The van der Waals surface area contributed by atoms with Gasteiger partial charge in [0.05, 0.1) is 6.20 Å². The van der Waals surface area contributed by atoms with Crippen molar-refractivity contribution in [3.05, 3.63) is 17.4 Å². The zero-order valence-electron chi connectivity index (χ0n) is 5.63. The first-order chi connectivity index (χ1) is 4.86. The van der Waals surface area contributed by atoms with Crippen molar-refractivity contribution in [2.24, 2.45) is 5.92 Å². The van der Waals surface area contributed by atoms with E-state index in [0.29, 0.717) is 0 Å². The van der Waals surface area contributed by atoms with E-state index in [-0.39, 0.29) is 0 Å². The molecule has 1 heterocycles. The predicted octanol–water partition coefficient (Wildman–Crippen LogP) is 1.95. The van der Waals surface area contributed by atoms with Crippen LogP contribution in [0.1, 0.15) is 12.8 Å². The maximum atomic E-state index is 5.81. The average molecular weight is 157 g/mol. The zero-order valence-corrected chi connectivity index (χ0v) is 6.38. The molecule has 0 radical (unpaired) electrons. The van der Waals surface area contributed by atoms with Gasteiger partial charge < -0.3 is 0 Å². The van der Waals surface area contributed by atoms with Gasteiger partial charge in [-0.05, 0) is 24.8 Å². The highest BCUT2D eigenvalue weighted by Crippen LogP contribution is 2.31. The molecule has 1 aliphatic carbocycles. The molecule has 0 unspecified atom stereocenters. The Kier molecular flexibility index (Phi) is 1.42. The molecule has 0 amide bonds. The van der Waals surface area contributed by atoms with Gasteiger partial charge >= 0.3 is 0 Å². The van der Waals surface area contributed by atoms with E-state index < -0.39 is 0 Å². The number of aromatic nitrogens is 2. The molecule has 3 heteroatoms. The third-order valence-corrected chi connectivity index (χ3v) is 2.11. The third-order valence-electron chi connectivity index (χ3n) is 1.79. The topological polar surface area (TPSA) is 17.8 Å². The number of nitrogens with zero attached hydrogens (tertiary/aromatic N) is 2. The summed E-state index contributed by atoms with van der Waals surface area (Å²) in [6.07, 6.45) is 4.43. The second kappa shape index (κ2) is 2.27. The quantitative estimate of drug-likeness (QED) is 0.640. The van der Waals surface area contributed by atoms with Crippen LogP contribution in [0.4, 0.5) is 0 Å². The van der Waals surface area contributed by atoms with Crippen molar-refractivity contribution in [3.63, 3.8) is 0 Å². The minimum atomic E-state index is 0.756. The van der Waals surface area contributed by atoms with E-state index in [4.69, 9.17) is 11.6 Å². The molecule has 0 bridgehead atoms. The average Bonchev–Trinajstić information content (AvgIpc) is 2.62. The molecule has 1 saturated carbocycles. The summed E-state index contributed by atoms with van der Waals surface area (Å²) >= 11 is 5.81. The van der Waals surface area contributed by atoms with Gasteiger partial charge in [-0.3, -0.25) is 4.68 Å². The standard InChI is InChI=1S/C7H9ClN2/c8-7-3-4-9-10(7)5-6-1-2-6/h3-4,6H,1-2,5H2. The lowest BCUT2D eigenvalue weighted by atomic mass is 10.4. The molecule has 10 heavy (non-hydrogen) atoms. The van der Waals surface area contributed by atoms with Crippen LogP contribution >= 0.6 is 11.6 Å². The Morgan fingerprint density at radius 2 is 2.50 bits per heavy atom. The number of rotatable bonds is 2. The molecular formula is C7H9ClN2. The number of hydrogen-bond donors (Lipinski definition) is 0. The maximum absolute atomic E-state index is 5.81. The highest BCUT2D eigenvalue weighted by Gasteiger charge is 2.22. The Balaban J connectivity index is 2.08. The van der Waals surface area contributed by atoms with Crippen molar-refractivity contribution < 1.29 is 0 Å². The van der Waals surface area contributed by atoms with Crippen LogP contribution in [0, 0.1) is 5.92 Å². The smallest absolute Gasteiger partial charge is 0.127 e. The fraction of sp³-hybridized carbons (Fsp3) is 0.571. The van der Waals surface area contributed by atoms with Gasteiger partial charge in [-0.1, -0.05) is 11.6 Å². The van der Waals surface area contributed by atoms with Crippen molar-refractivity contribution in [1.82, 2.24) is 9.78 Å². The Morgan fingerprint density at radius 1 is 1.70 bits per heavy atom. The van der Waals surface area contributed by atoms with E-state index in [1.807, 2.05) is 10.7 Å². The molecule has 1 aromatic rings. The van der Waals surface area contributed by atoms with Crippen molar-refractivity contribution in [2.45, 2.75) is 19.4 Å². The largest absolute Gasteiger partial charge is 0.254 e. The number of halogens is 1. The van der Waals surface area contributed by atoms with Gasteiger partial charge in [-0.15, -0.1) is 0 Å².